The van der Waals surface area contributed by atoms with Crippen molar-refractivity contribution in [1.29, 1.82) is 5.26 Å². The third-order valence-electron chi connectivity index (χ3n) is 7.38. The second kappa shape index (κ2) is 12.8. The summed E-state index contributed by atoms with van der Waals surface area (Å²) in [6.45, 7) is 6.25. The first kappa shape index (κ1) is 26.9. The second-order valence-electron chi connectivity index (χ2n) is 10.0. The minimum atomic E-state index is -2.29. The molecule has 0 radical (unpaired) electrons. The summed E-state index contributed by atoms with van der Waals surface area (Å²) in [5.74, 6) is -0.130. The Morgan fingerprint density at radius 1 is 1.06 bits per heavy atom. The molecule has 1 fully saturated rings. The third kappa shape index (κ3) is 7.15. The van der Waals surface area contributed by atoms with E-state index in [9.17, 15) is 14.9 Å². The van der Waals surface area contributed by atoms with Crippen molar-refractivity contribution >= 4 is 24.8 Å². The molecule has 6 heteroatoms. The monoisotopic (exact) mass is 494 g/mol. The van der Waals surface area contributed by atoms with Gasteiger partial charge in [-0.25, -0.2) is 0 Å². The van der Waals surface area contributed by atoms with Crippen LogP contribution in [-0.2, 0) is 20.9 Å². The Morgan fingerprint density at radius 2 is 1.69 bits per heavy atom. The van der Waals surface area contributed by atoms with Crippen molar-refractivity contribution in [3.63, 3.8) is 0 Å². The number of aryl methyl sites for hydroxylation is 2. The number of hydrogen-bond donors (Lipinski definition) is 1. The van der Waals surface area contributed by atoms with Crippen LogP contribution in [0.1, 0.15) is 67.7 Å². The van der Waals surface area contributed by atoms with Crippen molar-refractivity contribution in [3.05, 3.63) is 64.7 Å². The Kier molecular flexibility index (Phi) is 9.87. The van der Waals surface area contributed by atoms with E-state index in [1.54, 1.807) is 0 Å². The van der Waals surface area contributed by atoms with Gasteiger partial charge in [0.05, 0.1) is 0 Å². The molecule has 1 saturated heterocycles. The predicted octanol–water partition coefficient (Wildman–Crippen LogP) is 6.35. The van der Waals surface area contributed by atoms with Gasteiger partial charge >= 0.3 is 211 Å². The molecule has 3 rings (SSSR count). The van der Waals surface area contributed by atoms with Crippen molar-refractivity contribution in [2.24, 2.45) is 0 Å². The Morgan fingerprint density at radius 3 is 2.26 bits per heavy atom. The van der Waals surface area contributed by atoms with E-state index in [1.165, 1.54) is 12.8 Å². The summed E-state index contributed by atoms with van der Waals surface area (Å²) >= 11 is 0. The van der Waals surface area contributed by atoms with Crippen LogP contribution in [0.2, 0.25) is 0 Å². The van der Waals surface area contributed by atoms with Crippen molar-refractivity contribution < 1.29 is 14.3 Å². The van der Waals surface area contributed by atoms with Crippen LogP contribution in [0.5, 0.6) is 0 Å². The van der Waals surface area contributed by atoms with Gasteiger partial charge in [-0.05, 0) is 0 Å². The molecular formula is C29H39N2O3P. The van der Waals surface area contributed by atoms with Crippen LogP contribution in [0.4, 0.5) is 5.69 Å². The fraction of sp³-hybridized carbons (Fsp3) is 0.483. The van der Waals surface area contributed by atoms with E-state index in [2.05, 4.69) is 18.3 Å². The number of nitrogens with one attached hydrogen (secondary N) is 1. The van der Waals surface area contributed by atoms with Crippen molar-refractivity contribution in [2.75, 3.05) is 23.8 Å². The van der Waals surface area contributed by atoms with Crippen LogP contribution >= 0.6 is 7.26 Å². The zero-order valence-corrected chi connectivity index (χ0v) is 22.4. The van der Waals surface area contributed by atoms with E-state index in [-0.39, 0.29) is 24.1 Å². The van der Waals surface area contributed by atoms with E-state index >= 15 is 0 Å². The average Bonchev–Trinajstić information content (AvgIpc) is 3.09. The van der Waals surface area contributed by atoms with Gasteiger partial charge < -0.3 is 0 Å². The molecule has 1 heterocycles. The van der Waals surface area contributed by atoms with Crippen molar-refractivity contribution in [3.8, 4) is 6.07 Å². The molecule has 2 aromatic rings. The number of nitrogens with zero attached hydrogens (tertiary/aromatic N) is 1. The molecule has 1 N–H and O–H groups in total. The van der Waals surface area contributed by atoms with E-state index in [0.717, 1.165) is 60.4 Å². The summed E-state index contributed by atoms with van der Waals surface area (Å²) in [6.07, 6.45) is 8.60. The summed E-state index contributed by atoms with van der Waals surface area (Å²) in [7, 11) is -2.29. The number of anilines is 1. The number of rotatable bonds is 9. The predicted molar refractivity (Wildman–Crippen MR) is 146 cm³/mol. The zero-order chi connectivity index (χ0) is 25.3. The van der Waals surface area contributed by atoms with E-state index in [0.29, 0.717) is 11.7 Å². The fourth-order valence-corrected chi connectivity index (χ4v) is 11.3. The SMILES string of the molecule is CCCC(C(=O)Nc1c(C)cc(C#N)cc1C)[PH]1(CC(=O)OCc2ccccc2)CCCCCC1. The van der Waals surface area contributed by atoms with Gasteiger partial charge in [0.1, 0.15) is 0 Å². The molecule has 1 aliphatic heterocycles. The molecule has 0 bridgehead atoms. The molecule has 188 valence electrons. The van der Waals surface area contributed by atoms with Gasteiger partial charge in [0, 0.05) is 0 Å². The van der Waals surface area contributed by atoms with Gasteiger partial charge in [-0.15, -0.1) is 0 Å². The summed E-state index contributed by atoms with van der Waals surface area (Å²) in [5, 5.41) is 12.5. The molecule has 1 aliphatic rings. The number of benzene rings is 2. The standard InChI is InChI=1S/C29H39N2O3P/c1-4-12-26(29(33)31-28-22(2)17-25(19-30)18-23(28)3)35(15-10-5-6-11-16-35)21-27(32)34-20-24-13-8-7-9-14-24/h7-9,13-14,17-18,26,35H,4-6,10-12,15-16,20-21H2,1-3H3,(H,31,33). The summed E-state index contributed by atoms with van der Waals surface area (Å²) in [5.41, 5.74) is 4.02. The Hall–Kier alpha value is -2.70. The van der Waals surface area contributed by atoms with Gasteiger partial charge in [-0.1, -0.05) is 0 Å². The van der Waals surface area contributed by atoms with Crippen molar-refractivity contribution in [2.45, 2.75) is 71.6 Å². The number of ether oxygens (including phenoxy) is 1. The first-order chi connectivity index (χ1) is 16.9. The van der Waals surface area contributed by atoms with Gasteiger partial charge in [-0.3, -0.25) is 0 Å². The molecule has 0 aliphatic carbocycles. The maximum absolute atomic E-state index is 13.8. The molecule has 0 spiro atoms. The van der Waals surface area contributed by atoms with Crippen LogP contribution in [0.15, 0.2) is 42.5 Å². The van der Waals surface area contributed by atoms with E-state index < -0.39 is 7.26 Å². The fourth-order valence-electron chi connectivity index (χ4n) is 5.60. The topological polar surface area (TPSA) is 79.2 Å². The van der Waals surface area contributed by atoms with Crippen molar-refractivity contribution in [1.82, 2.24) is 0 Å². The Bertz CT molecular complexity index is 1030. The molecule has 5 nitrogen and oxygen atoms in total. The van der Waals surface area contributed by atoms with Gasteiger partial charge in [0.15, 0.2) is 0 Å². The number of amides is 1. The Balaban J connectivity index is 1.84. The average molecular weight is 495 g/mol. The van der Waals surface area contributed by atoms with E-state index in [4.69, 9.17) is 4.74 Å². The molecular weight excluding hydrogens is 455 g/mol. The van der Waals surface area contributed by atoms with E-state index in [1.807, 2.05) is 56.3 Å². The molecule has 1 unspecified atom stereocenters. The summed E-state index contributed by atoms with van der Waals surface area (Å²) in [6, 6.07) is 15.6. The van der Waals surface area contributed by atoms with Gasteiger partial charge in [0.2, 0.25) is 0 Å². The first-order valence-electron chi connectivity index (χ1n) is 12.9. The summed E-state index contributed by atoms with van der Waals surface area (Å²) < 4.78 is 5.72. The number of carbonyl (C=O) groups is 2. The molecule has 1 amide bonds. The van der Waals surface area contributed by atoms with Crippen LogP contribution < -0.4 is 5.32 Å². The number of carbonyl (C=O) groups excluding carboxylic acids is 2. The van der Waals surface area contributed by atoms with Crippen LogP contribution in [0.3, 0.4) is 0 Å². The molecule has 2 aromatic carbocycles. The van der Waals surface area contributed by atoms with Gasteiger partial charge in [-0.2, -0.15) is 0 Å². The number of nitriles is 1. The maximum atomic E-state index is 13.8. The normalized spacial score (nSPS) is 16.9. The summed E-state index contributed by atoms with van der Waals surface area (Å²) in [4.78, 5) is 27.0. The molecule has 1 atom stereocenters. The Labute approximate surface area is 210 Å². The third-order valence-corrected chi connectivity index (χ3v) is 13.1. The molecule has 0 aromatic heterocycles. The van der Waals surface area contributed by atoms with Crippen LogP contribution in [-0.4, -0.2) is 36.0 Å². The molecule has 0 saturated carbocycles. The quantitative estimate of drug-likeness (QED) is 0.325. The zero-order valence-electron chi connectivity index (χ0n) is 21.4. The second-order valence-corrected chi connectivity index (χ2v) is 14.8. The van der Waals surface area contributed by atoms with Crippen LogP contribution in [0.25, 0.3) is 0 Å². The van der Waals surface area contributed by atoms with Crippen LogP contribution in [0, 0.1) is 25.2 Å². The molecule has 35 heavy (non-hydrogen) atoms. The number of hydrogen-bond acceptors (Lipinski definition) is 4. The number of esters is 1. The minimum absolute atomic E-state index is 0.0344. The first-order valence-corrected chi connectivity index (χ1v) is 15.6. The van der Waals surface area contributed by atoms with Gasteiger partial charge in [0.25, 0.3) is 0 Å².